The Hall–Kier alpha value is -2.22. The Labute approximate surface area is 125 Å². The van der Waals surface area contributed by atoms with Crippen LogP contribution in [0.2, 0.25) is 0 Å². The van der Waals surface area contributed by atoms with Crippen LogP contribution in [0.1, 0.15) is 6.92 Å². The topological polar surface area (TPSA) is 92.4 Å². The number of ether oxygens (including phenoxy) is 3. The molecule has 1 aromatic carbocycles. The van der Waals surface area contributed by atoms with Gasteiger partial charge in [-0.2, -0.15) is 15.0 Å². The number of nitrogens with two attached hydrogens (primary N) is 1. The minimum atomic E-state index is 0.133. The second kappa shape index (κ2) is 6.04. The lowest BCUT2D eigenvalue weighted by atomic mass is 10.3. The molecule has 3 rings (SSSR count). The second-order valence-corrected chi connectivity index (χ2v) is 5.14. The minimum absolute atomic E-state index is 0.133. The molecule has 0 saturated carbocycles. The number of hydrogen-bond acceptors (Lipinski definition) is 8. The molecule has 2 heterocycles. The van der Waals surface area contributed by atoms with Gasteiger partial charge < -0.3 is 19.9 Å². The van der Waals surface area contributed by atoms with Gasteiger partial charge in [0, 0.05) is 4.90 Å². The van der Waals surface area contributed by atoms with E-state index >= 15 is 0 Å². The molecule has 110 valence electrons. The molecule has 0 saturated heterocycles. The molecule has 8 heteroatoms. The molecule has 0 radical (unpaired) electrons. The first kappa shape index (κ1) is 13.7. The van der Waals surface area contributed by atoms with Crippen molar-refractivity contribution >= 4 is 17.7 Å². The molecule has 1 aliphatic heterocycles. The van der Waals surface area contributed by atoms with Crippen molar-refractivity contribution < 1.29 is 14.2 Å². The monoisotopic (exact) mass is 306 g/mol. The lowest BCUT2D eigenvalue weighted by Gasteiger charge is -2.18. The third-order valence-electron chi connectivity index (χ3n) is 2.61. The number of nitrogen functional groups attached to an aromatic ring is 1. The Morgan fingerprint density at radius 3 is 2.81 bits per heavy atom. The SMILES string of the molecule is CCOc1nc(N)nc(Sc2ccc3c(c2)OCCO3)n1. The van der Waals surface area contributed by atoms with E-state index in [9.17, 15) is 0 Å². The van der Waals surface area contributed by atoms with Gasteiger partial charge in [0.25, 0.3) is 0 Å². The van der Waals surface area contributed by atoms with Crippen LogP contribution in [0.5, 0.6) is 17.5 Å². The number of anilines is 1. The van der Waals surface area contributed by atoms with Gasteiger partial charge in [-0.1, -0.05) is 0 Å². The van der Waals surface area contributed by atoms with Gasteiger partial charge in [-0.05, 0) is 36.9 Å². The first-order valence-corrected chi connectivity index (χ1v) is 7.28. The van der Waals surface area contributed by atoms with Crippen molar-refractivity contribution in [2.45, 2.75) is 17.0 Å². The van der Waals surface area contributed by atoms with E-state index in [1.807, 2.05) is 25.1 Å². The summed E-state index contributed by atoms with van der Waals surface area (Å²) in [6.07, 6.45) is 0. The maximum atomic E-state index is 5.65. The van der Waals surface area contributed by atoms with Gasteiger partial charge in [0.2, 0.25) is 11.1 Å². The fourth-order valence-corrected chi connectivity index (χ4v) is 2.56. The maximum absolute atomic E-state index is 5.65. The first-order chi connectivity index (χ1) is 10.2. The van der Waals surface area contributed by atoms with E-state index < -0.39 is 0 Å². The van der Waals surface area contributed by atoms with E-state index in [4.69, 9.17) is 19.9 Å². The fourth-order valence-electron chi connectivity index (χ4n) is 1.78. The van der Waals surface area contributed by atoms with Crippen LogP contribution in [-0.2, 0) is 0 Å². The summed E-state index contributed by atoms with van der Waals surface area (Å²) in [6.45, 7) is 3.45. The zero-order valence-corrected chi connectivity index (χ0v) is 12.2. The Kier molecular flexibility index (Phi) is 3.96. The lowest BCUT2D eigenvalue weighted by molar-refractivity contribution is 0.171. The number of rotatable bonds is 4. The normalized spacial score (nSPS) is 13.0. The molecule has 0 fully saturated rings. The molecule has 21 heavy (non-hydrogen) atoms. The van der Waals surface area contributed by atoms with E-state index in [0.29, 0.717) is 25.0 Å². The van der Waals surface area contributed by atoms with Crippen LogP contribution in [0.4, 0.5) is 5.95 Å². The first-order valence-electron chi connectivity index (χ1n) is 6.46. The number of fused-ring (bicyclic) bond motifs is 1. The molecular formula is C13H14N4O3S. The average Bonchev–Trinajstić information content (AvgIpc) is 2.47. The highest BCUT2D eigenvalue weighted by Gasteiger charge is 2.13. The number of nitrogens with zero attached hydrogens (tertiary/aromatic N) is 3. The lowest BCUT2D eigenvalue weighted by Crippen LogP contribution is -2.15. The molecule has 7 nitrogen and oxygen atoms in total. The van der Waals surface area contributed by atoms with Crippen LogP contribution < -0.4 is 19.9 Å². The Morgan fingerprint density at radius 2 is 2.00 bits per heavy atom. The molecule has 2 aromatic rings. The van der Waals surface area contributed by atoms with Crippen LogP contribution in [-0.4, -0.2) is 34.8 Å². The van der Waals surface area contributed by atoms with Gasteiger partial charge in [-0.15, -0.1) is 0 Å². The third kappa shape index (κ3) is 3.27. The molecule has 0 bridgehead atoms. The summed E-state index contributed by atoms with van der Waals surface area (Å²) in [7, 11) is 0. The molecule has 2 N–H and O–H groups in total. The number of aromatic nitrogens is 3. The Morgan fingerprint density at radius 1 is 1.19 bits per heavy atom. The van der Waals surface area contributed by atoms with Crippen molar-refractivity contribution in [2.24, 2.45) is 0 Å². The zero-order chi connectivity index (χ0) is 14.7. The highest BCUT2D eigenvalue weighted by atomic mass is 32.2. The standard InChI is InChI=1S/C13H14N4O3S/c1-2-18-12-15-11(14)16-13(17-12)21-8-3-4-9-10(7-8)20-6-5-19-9/h3-4,7H,2,5-6H2,1H3,(H2,14,15,16,17). The van der Waals surface area contributed by atoms with E-state index in [2.05, 4.69) is 15.0 Å². The van der Waals surface area contributed by atoms with Gasteiger partial charge in [0.1, 0.15) is 13.2 Å². The quantitative estimate of drug-likeness (QED) is 0.913. The second-order valence-electron chi connectivity index (χ2n) is 4.10. The predicted octanol–water partition coefficient (Wildman–Crippen LogP) is 1.77. The molecule has 0 unspecified atom stereocenters. The van der Waals surface area contributed by atoms with E-state index in [-0.39, 0.29) is 12.0 Å². The van der Waals surface area contributed by atoms with Gasteiger partial charge in [-0.3, -0.25) is 0 Å². The van der Waals surface area contributed by atoms with Crippen molar-refractivity contribution in [2.75, 3.05) is 25.6 Å². The number of benzene rings is 1. The molecule has 0 aliphatic carbocycles. The summed E-state index contributed by atoms with van der Waals surface area (Å²) >= 11 is 1.36. The molecular weight excluding hydrogens is 292 g/mol. The summed E-state index contributed by atoms with van der Waals surface area (Å²) in [6, 6.07) is 5.90. The van der Waals surface area contributed by atoms with Crippen LogP contribution in [0.3, 0.4) is 0 Å². The van der Waals surface area contributed by atoms with E-state index in [0.717, 1.165) is 16.4 Å². The van der Waals surface area contributed by atoms with Gasteiger partial charge in [0.15, 0.2) is 11.5 Å². The van der Waals surface area contributed by atoms with Crippen molar-refractivity contribution in [1.82, 2.24) is 15.0 Å². The van der Waals surface area contributed by atoms with E-state index in [1.165, 1.54) is 11.8 Å². The highest BCUT2D eigenvalue weighted by Crippen LogP contribution is 2.36. The van der Waals surface area contributed by atoms with E-state index in [1.54, 1.807) is 0 Å². The smallest absolute Gasteiger partial charge is 0.322 e. The van der Waals surface area contributed by atoms with Crippen molar-refractivity contribution in [3.8, 4) is 17.5 Å². The van der Waals surface area contributed by atoms with Crippen molar-refractivity contribution in [3.63, 3.8) is 0 Å². The Bertz CT molecular complexity index is 653. The largest absolute Gasteiger partial charge is 0.486 e. The Balaban J connectivity index is 1.83. The number of hydrogen-bond donors (Lipinski definition) is 1. The molecule has 0 amide bonds. The van der Waals surface area contributed by atoms with Crippen LogP contribution in [0.15, 0.2) is 28.3 Å². The van der Waals surface area contributed by atoms with Crippen molar-refractivity contribution in [1.29, 1.82) is 0 Å². The summed E-state index contributed by atoms with van der Waals surface area (Å²) in [5.74, 6) is 1.60. The molecule has 1 aromatic heterocycles. The summed E-state index contributed by atoms with van der Waals surface area (Å²) in [5, 5.41) is 0.475. The van der Waals surface area contributed by atoms with Crippen molar-refractivity contribution in [3.05, 3.63) is 18.2 Å². The third-order valence-corrected chi connectivity index (χ3v) is 3.46. The highest BCUT2D eigenvalue weighted by molar-refractivity contribution is 7.99. The zero-order valence-electron chi connectivity index (χ0n) is 11.4. The molecule has 1 aliphatic rings. The summed E-state index contributed by atoms with van der Waals surface area (Å²) in [4.78, 5) is 13.1. The minimum Gasteiger partial charge on any atom is -0.486 e. The van der Waals surface area contributed by atoms with Gasteiger partial charge in [0.05, 0.1) is 6.61 Å². The van der Waals surface area contributed by atoms with Crippen LogP contribution in [0, 0.1) is 0 Å². The average molecular weight is 306 g/mol. The fraction of sp³-hybridized carbons (Fsp3) is 0.308. The maximum Gasteiger partial charge on any atom is 0.322 e. The van der Waals surface area contributed by atoms with Gasteiger partial charge >= 0.3 is 6.01 Å². The molecule has 0 spiro atoms. The van der Waals surface area contributed by atoms with Gasteiger partial charge in [-0.25, -0.2) is 0 Å². The predicted molar refractivity (Wildman–Crippen MR) is 77.0 cm³/mol. The summed E-state index contributed by atoms with van der Waals surface area (Å²) in [5.41, 5.74) is 5.65. The molecule has 0 atom stereocenters. The van der Waals surface area contributed by atoms with Crippen LogP contribution in [0.25, 0.3) is 0 Å². The van der Waals surface area contributed by atoms with Crippen LogP contribution >= 0.6 is 11.8 Å². The summed E-state index contributed by atoms with van der Waals surface area (Å²) < 4.78 is 16.3.